The molecule has 0 fully saturated rings. The van der Waals surface area contributed by atoms with E-state index in [-0.39, 0.29) is 0 Å². The van der Waals surface area contributed by atoms with Crippen LogP contribution in [0.25, 0.3) is 0 Å². The molecule has 0 saturated heterocycles. The zero-order valence-corrected chi connectivity index (χ0v) is 8.25. The summed E-state index contributed by atoms with van der Waals surface area (Å²) in [5.41, 5.74) is 2.66. The molecule has 0 aliphatic rings. The van der Waals surface area contributed by atoms with Crippen molar-refractivity contribution in [2.45, 2.75) is 33.1 Å². The molecule has 0 atom stereocenters. The lowest BCUT2D eigenvalue weighted by molar-refractivity contribution is 0.804. The zero-order chi connectivity index (χ0) is 8.69. The average molecular weight is 173 g/mol. The van der Waals surface area contributed by atoms with Crippen LogP contribution in [-0.2, 0) is 0 Å². The molecule has 0 aromatic rings. The monoisotopic (exact) mass is 172 g/mol. The van der Waals surface area contributed by atoms with Crippen molar-refractivity contribution in [3.05, 3.63) is 23.8 Å². The van der Waals surface area contributed by atoms with E-state index in [4.69, 9.17) is 11.6 Å². The minimum Gasteiger partial charge on any atom is -0.122 e. The van der Waals surface area contributed by atoms with Crippen molar-refractivity contribution in [3.63, 3.8) is 0 Å². The first kappa shape index (κ1) is 10.8. The molecule has 0 aromatic heterocycles. The molecule has 0 bridgehead atoms. The molecule has 0 heterocycles. The summed E-state index contributed by atoms with van der Waals surface area (Å²) in [5, 5.41) is 0. The van der Waals surface area contributed by atoms with Crippen molar-refractivity contribution < 1.29 is 0 Å². The Bertz CT molecular complexity index is 145. The van der Waals surface area contributed by atoms with Crippen molar-refractivity contribution in [2.24, 2.45) is 0 Å². The Morgan fingerprint density at radius 2 is 2.00 bits per heavy atom. The molecule has 0 saturated carbocycles. The van der Waals surface area contributed by atoms with E-state index in [9.17, 15) is 0 Å². The van der Waals surface area contributed by atoms with Gasteiger partial charge in [0.2, 0.25) is 0 Å². The van der Waals surface area contributed by atoms with E-state index in [0.717, 1.165) is 12.8 Å². The quantitative estimate of drug-likeness (QED) is 0.436. The first-order valence-corrected chi connectivity index (χ1v) is 4.56. The van der Waals surface area contributed by atoms with Gasteiger partial charge in [0.25, 0.3) is 0 Å². The Hall–Kier alpha value is -0.230. The average Bonchev–Trinajstić information content (AvgIpc) is 1.87. The highest BCUT2D eigenvalue weighted by Gasteiger charge is 1.90. The minimum atomic E-state index is 0.638. The number of rotatable bonds is 5. The van der Waals surface area contributed by atoms with Crippen molar-refractivity contribution >= 4 is 11.6 Å². The summed E-state index contributed by atoms with van der Waals surface area (Å²) in [7, 11) is 0. The molecule has 0 spiro atoms. The van der Waals surface area contributed by atoms with E-state index in [0.29, 0.717) is 5.88 Å². The summed E-state index contributed by atoms with van der Waals surface area (Å²) in [6.45, 7) is 8.05. The molecule has 0 aliphatic carbocycles. The van der Waals surface area contributed by atoms with E-state index in [1.807, 2.05) is 0 Å². The Morgan fingerprint density at radius 3 is 2.45 bits per heavy atom. The van der Waals surface area contributed by atoms with Gasteiger partial charge in [-0.05, 0) is 33.1 Å². The van der Waals surface area contributed by atoms with Crippen LogP contribution < -0.4 is 0 Å². The highest BCUT2D eigenvalue weighted by atomic mass is 35.5. The number of halogens is 1. The van der Waals surface area contributed by atoms with E-state index in [2.05, 4.69) is 26.5 Å². The second-order valence-electron chi connectivity index (χ2n) is 3.02. The fourth-order valence-corrected chi connectivity index (χ4v) is 1.17. The predicted octanol–water partition coefficient (Wildman–Crippen LogP) is 3.92. The van der Waals surface area contributed by atoms with Gasteiger partial charge in [-0.1, -0.05) is 17.2 Å². The fraction of sp³-hybridized carbons (Fsp3) is 0.600. The highest BCUT2D eigenvalue weighted by molar-refractivity contribution is 6.18. The summed E-state index contributed by atoms with van der Waals surface area (Å²) in [5.74, 6) is 0.638. The number of hydrogen-bond acceptors (Lipinski definition) is 0. The lowest BCUT2D eigenvalue weighted by Gasteiger charge is -1.99. The highest BCUT2D eigenvalue weighted by Crippen LogP contribution is 2.09. The Balaban J connectivity index is 3.38. The van der Waals surface area contributed by atoms with Crippen LogP contribution in [0.4, 0.5) is 0 Å². The standard InChI is InChI=1S/C10H17Cl/c1-9(2)5-4-6-10(3)7-8-11/h7H,1,4-6,8H2,2-3H3. The second-order valence-corrected chi connectivity index (χ2v) is 3.32. The molecule has 0 N–H and O–H groups in total. The van der Waals surface area contributed by atoms with E-state index in [1.165, 1.54) is 17.6 Å². The van der Waals surface area contributed by atoms with Gasteiger partial charge in [0.1, 0.15) is 0 Å². The number of allylic oxidation sites excluding steroid dienone is 3. The first-order chi connectivity index (χ1) is 5.16. The second kappa shape index (κ2) is 6.48. The Kier molecular flexibility index (Phi) is 6.34. The molecular weight excluding hydrogens is 156 g/mol. The van der Waals surface area contributed by atoms with Gasteiger partial charge >= 0.3 is 0 Å². The van der Waals surface area contributed by atoms with Crippen molar-refractivity contribution in [1.82, 2.24) is 0 Å². The van der Waals surface area contributed by atoms with Crippen LogP contribution in [0.5, 0.6) is 0 Å². The Labute approximate surface area is 74.9 Å². The number of hydrogen-bond donors (Lipinski definition) is 0. The maximum Gasteiger partial charge on any atom is 0.0406 e. The van der Waals surface area contributed by atoms with Crippen LogP contribution in [0.15, 0.2) is 23.8 Å². The summed E-state index contributed by atoms with van der Waals surface area (Å²) >= 11 is 5.54. The maximum absolute atomic E-state index is 5.54. The molecule has 64 valence electrons. The molecule has 1 heteroatoms. The molecule has 0 rings (SSSR count). The summed E-state index contributed by atoms with van der Waals surface area (Å²) < 4.78 is 0. The van der Waals surface area contributed by atoms with Crippen LogP contribution in [0.2, 0.25) is 0 Å². The molecule has 0 radical (unpaired) electrons. The predicted molar refractivity (Wildman–Crippen MR) is 53.1 cm³/mol. The lowest BCUT2D eigenvalue weighted by Crippen LogP contribution is -1.80. The molecule has 0 nitrogen and oxygen atoms in total. The van der Waals surface area contributed by atoms with Gasteiger partial charge in [-0.15, -0.1) is 18.2 Å². The van der Waals surface area contributed by atoms with Gasteiger partial charge in [0.05, 0.1) is 0 Å². The summed E-state index contributed by atoms with van der Waals surface area (Å²) in [6, 6.07) is 0. The van der Waals surface area contributed by atoms with Crippen LogP contribution >= 0.6 is 11.6 Å². The van der Waals surface area contributed by atoms with Crippen LogP contribution in [0, 0.1) is 0 Å². The third-order valence-electron chi connectivity index (χ3n) is 1.60. The Morgan fingerprint density at radius 1 is 1.36 bits per heavy atom. The maximum atomic E-state index is 5.54. The summed E-state index contributed by atoms with van der Waals surface area (Å²) in [6.07, 6.45) is 5.56. The van der Waals surface area contributed by atoms with Crippen LogP contribution in [-0.4, -0.2) is 5.88 Å². The zero-order valence-electron chi connectivity index (χ0n) is 7.49. The molecule has 0 unspecified atom stereocenters. The smallest absolute Gasteiger partial charge is 0.0406 e. The van der Waals surface area contributed by atoms with Gasteiger partial charge < -0.3 is 0 Å². The SMILES string of the molecule is C=C(C)CCCC(C)=CCCl. The molecule has 0 aliphatic heterocycles. The van der Waals surface area contributed by atoms with E-state index in [1.54, 1.807) is 0 Å². The van der Waals surface area contributed by atoms with Gasteiger partial charge in [0.15, 0.2) is 0 Å². The first-order valence-electron chi connectivity index (χ1n) is 4.02. The normalized spacial score (nSPS) is 11.7. The topological polar surface area (TPSA) is 0 Å². The lowest BCUT2D eigenvalue weighted by atomic mass is 10.1. The largest absolute Gasteiger partial charge is 0.122 e. The van der Waals surface area contributed by atoms with E-state index >= 15 is 0 Å². The van der Waals surface area contributed by atoms with Crippen LogP contribution in [0.3, 0.4) is 0 Å². The van der Waals surface area contributed by atoms with Crippen molar-refractivity contribution in [2.75, 3.05) is 5.88 Å². The summed E-state index contributed by atoms with van der Waals surface area (Å²) in [4.78, 5) is 0. The fourth-order valence-electron chi connectivity index (χ4n) is 0.903. The number of alkyl halides is 1. The van der Waals surface area contributed by atoms with Crippen molar-refractivity contribution in [3.8, 4) is 0 Å². The van der Waals surface area contributed by atoms with Crippen LogP contribution in [0.1, 0.15) is 33.1 Å². The molecular formula is C10H17Cl. The molecule has 11 heavy (non-hydrogen) atoms. The van der Waals surface area contributed by atoms with Gasteiger partial charge in [-0.2, -0.15) is 0 Å². The van der Waals surface area contributed by atoms with Gasteiger partial charge in [-0.25, -0.2) is 0 Å². The third-order valence-corrected chi connectivity index (χ3v) is 1.75. The van der Waals surface area contributed by atoms with E-state index < -0.39 is 0 Å². The molecule has 0 amide bonds. The molecule has 0 aromatic carbocycles. The van der Waals surface area contributed by atoms with Gasteiger partial charge in [-0.3, -0.25) is 0 Å². The minimum absolute atomic E-state index is 0.638. The van der Waals surface area contributed by atoms with Crippen molar-refractivity contribution in [1.29, 1.82) is 0 Å². The third kappa shape index (κ3) is 7.67. The van der Waals surface area contributed by atoms with Gasteiger partial charge in [0, 0.05) is 5.88 Å².